The molecule has 0 amide bonds. The Labute approximate surface area is 104 Å². The molecule has 0 aliphatic rings. The van der Waals surface area contributed by atoms with Crippen LogP contribution in [0.4, 0.5) is 4.39 Å². The van der Waals surface area contributed by atoms with E-state index in [9.17, 15) is 4.39 Å². The van der Waals surface area contributed by atoms with Gasteiger partial charge < -0.3 is 5.73 Å². The molecular formula is C11H14BrClFN. The summed E-state index contributed by atoms with van der Waals surface area (Å²) in [7, 11) is 0. The van der Waals surface area contributed by atoms with Gasteiger partial charge in [-0.1, -0.05) is 27.6 Å². The fourth-order valence-electron chi connectivity index (χ4n) is 1.34. The van der Waals surface area contributed by atoms with Crippen LogP contribution in [0.15, 0.2) is 34.8 Å². The van der Waals surface area contributed by atoms with Gasteiger partial charge in [-0.05, 0) is 25.5 Å². The van der Waals surface area contributed by atoms with Gasteiger partial charge in [0, 0.05) is 16.1 Å². The van der Waals surface area contributed by atoms with E-state index in [2.05, 4.69) is 22.5 Å². The molecule has 1 aromatic carbocycles. The van der Waals surface area contributed by atoms with Gasteiger partial charge in [0.25, 0.3) is 0 Å². The largest absolute Gasteiger partial charge is 0.324 e. The Morgan fingerprint density at radius 1 is 1.60 bits per heavy atom. The molecule has 1 aromatic rings. The molecule has 84 valence electrons. The highest BCUT2D eigenvalue weighted by atomic mass is 79.9. The van der Waals surface area contributed by atoms with Crippen LogP contribution in [0.1, 0.15) is 24.9 Å². The molecule has 4 heteroatoms. The van der Waals surface area contributed by atoms with Crippen LogP contribution in [0.2, 0.25) is 0 Å². The van der Waals surface area contributed by atoms with Gasteiger partial charge in [0.15, 0.2) is 0 Å². The van der Waals surface area contributed by atoms with Gasteiger partial charge in [0.2, 0.25) is 0 Å². The van der Waals surface area contributed by atoms with Gasteiger partial charge in [-0.3, -0.25) is 0 Å². The second kappa shape index (κ2) is 6.26. The first-order valence-electron chi connectivity index (χ1n) is 4.36. The Balaban J connectivity index is 0.00000196. The molecule has 0 saturated carbocycles. The van der Waals surface area contributed by atoms with Gasteiger partial charge in [-0.2, -0.15) is 0 Å². The van der Waals surface area contributed by atoms with Crippen LogP contribution in [-0.2, 0) is 0 Å². The van der Waals surface area contributed by atoms with Crippen molar-refractivity contribution in [2.45, 2.75) is 19.4 Å². The lowest BCUT2D eigenvalue weighted by Crippen LogP contribution is -2.13. The van der Waals surface area contributed by atoms with Gasteiger partial charge >= 0.3 is 0 Å². The molecule has 0 saturated heterocycles. The summed E-state index contributed by atoms with van der Waals surface area (Å²) in [6, 6.07) is 4.52. The highest BCUT2D eigenvalue weighted by Gasteiger charge is 2.14. The molecule has 15 heavy (non-hydrogen) atoms. The molecule has 0 radical (unpaired) electrons. The molecule has 2 N–H and O–H groups in total. The second-order valence-electron chi connectivity index (χ2n) is 3.40. The molecule has 1 rings (SSSR count). The van der Waals surface area contributed by atoms with Crippen molar-refractivity contribution >= 4 is 28.3 Å². The molecule has 1 nitrogen and oxygen atoms in total. The van der Waals surface area contributed by atoms with Gasteiger partial charge in [0.1, 0.15) is 5.82 Å². The van der Waals surface area contributed by atoms with Crippen LogP contribution in [0.5, 0.6) is 0 Å². The Kier molecular flexibility index (Phi) is 6.10. The topological polar surface area (TPSA) is 26.0 Å². The average molecular weight is 295 g/mol. The fourth-order valence-corrected chi connectivity index (χ4v) is 1.98. The summed E-state index contributed by atoms with van der Waals surface area (Å²) in [5.74, 6) is -0.270. The summed E-state index contributed by atoms with van der Waals surface area (Å²) >= 11 is 3.29. The van der Waals surface area contributed by atoms with Crippen molar-refractivity contribution in [1.82, 2.24) is 0 Å². The van der Waals surface area contributed by atoms with E-state index in [0.29, 0.717) is 16.5 Å². The van der Waals surface area contributed by atoms with Crippen molar-refractivity contribution in [3.05, 3.63) is 46.2 Å². The summed E-state index contributed by atoms with van der Waals surface area (Å²) in [4.78, 5) is 0. The second-order valence-corrected chi connectivity index (χ2v) is 4.26. The molecule has 0 aliphatic heterocycles. The van der Waals surface area contributed by atoms with Crippen LogP contribution < -0.4 is 5.73 Å². The quantitative estimate of drug-likeness (QED) is 0.839. The first-order chi connectivity index (χ1) is 6.52. The lowest BCUT2D eigenvalue weighted by molar-refractivity contribution is 0.577. The highest BCUT2D eigenvalue weighted by molar-refractivity contribution is 9.10. The van der Waals surface area contributed by atoms with E-state index in [0.717, 1.165) is 5.57 Å². The average Bonchev–Trinajstić information content (AvgIpc) is 2.01. The van der Waals surface area contributed by atoms with Crippen molar-refractivity contribution in [3.8, 4) is 0 Å². The summed E-state index contributed by atoms with van der Waals surface area (Å²) < 4.78 is 14.1. The maximum absolute atomic E-state index is 13.4. The monoisotopic (exact) mass is 293 g/mol. The Morgan fingerprint density at radius 3 is 2.67 bits per heavy atom. The van der Waals surface area contributed by atoms with Crippen molar-refractivity contribution in [3.63, 3.8) is 0 Å². The maximum atomic E-state index is 13.4. The normalized spacial score (nSPS) is 11.7. The number of rotatable bonds is 3. The first kappa shape index (κ1) is 14.6. The van der Waals surface area contributed by atoms with Crippen molar-refractivity contribution < 1.29 is 4.39 Å². The van der Waals surface area contributed by atoms with Crippen molar-refractivity contribution in [2.24, 2.45) is 5.73 Å². The summed E-state index contributed by atoms with van der Waals surface area (Å²) in [6.45, 7) is 5.65. The molecule has 0 aliphatic carbocycles. The van der Waals surface area contributed by atoms with Gasteiger partial charge in [-0.15, -0.1) is 19.0 Å². The number of benzene rings is 1. The third kappa shape index (κ3) is 3.93. The maximum Gasteiger partial charge on any atom is 0.129 e. The van der Waals surface area contributed by atoms with E-state index in [1.807, 2.05) is 6.92 Å². The zero-order valence-electron chi connectivity index (χ0n) is 8.47. The van der Waals surface area contributed by atoms with Crippen LogP contribution in [0.25, 0.3) is 0 Å². The van der Waals surface area contributed by atoms with Gasteiger partial charge in [-0.25, -0.2) is 4.39 Å². The summed E-state index contributed by atoms with van der Waals surface area (Å²) in [5.41, 5.74) is 7.34. The van der Waals surface area contributed by atoms with E-state index in [1.165, 1.54) is 6.07 Å². The minimum atomic E-state index is -0.330. The van der Waals surface area contributed by atoms with E-state index >= 15 is 0 Å². The summed E-state index contributed by atoms with van der Waals surface area (Å²) in [5, 5.41) is 0. The molecule has 0 aromatic heterocycles. The minimum Gasteiger partial charge on any atom is -0.324 e. The zero-order valence-corrected chi connectivity index (χ0v) is 10.9. The molecule has 0 spiro atoms. The third-order valence-corrected chi connectivity index (χ3v) is 2.63. The lowest BCUT2D eigenvalue weighted by atomic mass is 10.0. The van der Waals surface area contributed by atoms with E-state index in [1.54, 1.807) is 12.1 Å². The highest BCUT2D eigenvalue weighted by Crippen LogP contribution is 2.27. The van der Waals surface area contributed by atoms with E-state index in [-0.39, 0.29) is 24.3 Å². The predicted molar refractivity (Wildman–Crippen MR) is 67.7 cm³/mol. The van der Waals surface area contributed by atoms with Crippen LogP contribution in [0, 0.1) is 5.82 Å². The minimum absolute atomic E-state index is 0. The Bertz CT molecular complexity index is 334. The predicted octanol–water partition coefficient (Wildman–Crippen LogP) is 3.98. The van der Waals surface area contributed by atoms with Crippen molar-refractivity contribution in [2.75, 3.05) is 0 Å². The first-order valence-corrected chi connectivity index (χ1v) is 5.15. The number of hydrogen-bond acceptors (Lipinski definition) is 1. The van der Waals surface area contributed by atoms with Crippen molar-refractivity contribution in [1.29, 1.82) is 0 Å². The van der Waals surface area contributed by atoms with Crippen LogP contribution in [0.3, 0.4) is 0 Å². The van der Waals surface area contributed by atoms with E-state index in [4.69, 9.17) is 5.73 Å². The SMILES string of the molecule is C=C(C)C[C@@H](N)c1c(F)cccc1Br.Cl. The van der Waals surface area contributed by atoms with E-state index < -0.39 is 0 Å². The molecule has 0 fully saturated rings. The summed E-state index contributed by atoms with van der Waals surface area (Å²) in [6.07, 6.45) is 0.597. The standard InChI is InChI=1S/C11H13BrFN.ClH/c1-7(2)6-10(14)11-8(12)4-3-5-9(11)13;/h3-5,10H,1,6,14H2,2H3;1H/t10-;/m1./s1. The number of nitrogens with two attached hydrogens (primary N) is 1. The van der Waals surface area contributed by atoms with Crippen LogP contribution >= 0.6 is 28.3 Å². The third-order valence-electron chi connectivity index (χ3n) is 1.94. The lowest BCUT2D eigenvalue weighted by Gasteiger charge is -2.14. The molecule has 0 bridgehead atoms. The van der Waals surface area contributed by atoms with Crippen LogP contribution in [-0.4, -0.2) is 0 Å². The smallest absolute Gasteiger partial charge is 0.129 e. The molecule has 1 atom stereocenters. The molecule has 0 heterocycles. The Morgan fingerprint density at radius 2 is 2.20 bits per heavy atom. The fraction of sp³-hybridized carbons (Fsp3) is 0.273. The molecule has 0 unspecified atom stereocenters. The zero-order chi connectivity index (χ0) is 10.7. The van der Waals surface area contributed by atoms with Gasteiger partial charge in [0.05, 0.1) is 0 Å². The Hall–Kier alpha value is -0.380. The number of halogens is 3. The number of hydrogen-bond donors (Lipinski definition) is 1. The molecular weight excluding hydrogens is 280 g/mol.